The monoisotopic (exact) mass is 397 g/mol. The van der Waals surface area contributed by atoms with Crippen LogP contribution >= 0.6 is 0 Å². The highest BCUT2D eigenvalue weighted by Crippen LogP contribution is 2.21. The van der Waals surface area contributed by atoms with Crippen molar-refractivity contribution in [2.45, 2.75) is 30.3 Å². The molecule has 0 bridgehead atoms. The molecule has 146 valence electrons. The lowest BCUT2D eigenvalue weighted by atomic mass is 10.1. The van der Waals surface area contributed by atoms with Gasteiger partial charge in [-0.3, -0.25) is 9.88 Å². The Bertz CT molecular complexity index is 981. The second kappa shape index (κ2) is 8.22. The van der Waals surface area contributed by atoms with Crippen molar-refractivity contribution < 1.29 is 8.42 Å². The summed E-state index contributed by atoms with van der Waals surface area (Å²) in [5, 5.41) is 0. The summed E-state index contributed by atoms with van der Waals surface area (Å²) in [6, 6.07) is 10.7. The van der Waals surface area contributed by atoms with E-state index in [9.17, 15) is 8.42 Å². The van der Waals surface area contributed by atoms with E-state index in [1.165, 1.54) is 0 Å². The fraction of sp³-hybridized carbons (Fsp3) is 0.300. The molecule has 1 aromatic carbocycles. The Balaban J connectivity index is 1.35. The van der Waals surface area contributed by atoms with Crippen molar-refractivity contribution >= 4 is 10.0 Å². The first-order valence-electron chi connectivity index (χ1n) is 9.33. The number of likely N-dealkylation sites (tertiary alicyclic amines) is 1. The Labute approximate surface area is 164 Å². The number of imidazole rings is 1. The maximum Gasteiger partial charge on any atom is 0.240 e. The maximum absolute atomic E-state index is 12.7. The van der Waals surface area contributed by atoms with Crippen LogP contribution in [0.2, 0.25) is 0 Å². The van der Waals surface area contributed by atoms with Gasteiger partial charge in [0.25, 0.3) is 0 Å². The van der Waals surface area contributed by atoms with Crippen molar-refractivity contribution in [3.05, 3.63) is 67.0 Å². The van der Waals surface area contributed by atoms with Crippen molar-refractivity contribution in [3.63, 3.8) is 0 Å². The molecule has 0 radical (unpaired) electrons. The number of hydrogen-bond donors (Lipinski definition) is 2. The molecule has 2 N–H and O–H groups in total. The number of sulfonamides is 1. The Morgan fingerprint density at radius 2 is 1.86 bits per heavy atom. The molecule has 7 nitrogen and oxygen atoms in total. The number of nitrogens with zero attached hydrogens (tertiary/aromatic N) is 3. The Kier molecular flexibility index (Phi) is 5.52. The maximum atomic E-state index is 12.7. The van der Waals surface area contributed by atoms with Gasteiger partial charge in [-0.15, -0.1) is 0 Å². The molecule has 28 heavy (non-hydrogen) atoms. The van der Waals surface area contributed by atoms with E-state index >= 15 is 0 Å². The SMILES string of the molecule is O=S(=O)(NC1CCN(Cc2ncc[nH]2)CC1)c1ccc(-c2cccnc2)cc1. The zero-order valence-corrected chi connectivity index (χ0v) is 16.3. The molecule has 3 aromatic rings. The fourth-order valence-corrected chi connectivity index (χ4v) is 4.76. The summed E-state index contributed by atoms with van der Waals surface area (Å²) in [5.41, 5.74) is 1.90. The molecule has 2 aromatic heterocycles. The normalized spacial score (nSPS) is 16.3. The van der Waals surface area contributed by atoms with Crippen LogP contribution in [0.5, 0.6) is 0 Å². The van der Waals surface area contributed by atoms with Crippen LogP contribution in [0.15, 0.2) is 66.1 Å². The summed E-state index contributed by atoms with van der Waals surface area (Å²) < 4.78 is 28.3. The second-order valence-electron chi connectivity index (χ2n) is 6.97. The van der Waals surface area contributed by atoms with Gasteiger partial charge in [0.15, 0.2) is 0 Å². The van der Waals surface area contributed by atoms with E-state index in [0.717, 1.165) is 49.4 Å². The molecule has 3 heterocycles. The number of pyridine rings is 1. The minimum absolute atomic E-state index is 0.0455. The van der Waals surface area contributed by atoms with E-state index in [2.05, 4.69) is 24.6 Å². The molecule has 0 spiro atoms. The number of hydrogen-bond acceptors (Lipinski definition) is 5. The molecule has 4 rings (SSSR count). The van der Waals surface area contributed by atoms with Gasteiger partial charge in [0.2, 0.25) is 10.0 Å². The van der Waals surface area contributed by atoms with Gasteiger partial charge in [0.05, 0.1) is 11.4 Å². The molecule has 0 atom stereocenters. The lowest BCUT2D eigenvalue weighted by Gasteiger charge is -2.31. The molecule has 8 heteroatoms. The average molecular weight is 398 g/mol. The first kappa shape index (κ1) is 18.8. The third-order valence-electron chi connectivity index (χ3n) is 5.00. The lowest BCUT2D eigenvalue weighted by molar-refractivity contribution is 0.196. The van der Waals surface area contributed by atoms with E-state index in [0.29, 0.717) is 0 Å². The topological polar surface area (TPSA) is 91.0 Å². The number of H-pyrrole nitrogens is 1. The van der Waals surface area contributed by atoms with Gasteiger partial charge in [-0.25, -0.2) is 18.1 Å². The number of benzene rings is 1. The summed E-state index contributed by atoms with van der Waals surface area (Å²) in [5.74, 6) is 0.938. The molecular formula is C20H23N5O2S. The standard InChI is InChI=1S/C20H23N5O2S/c26-28(27,19-5-3-16(4-6-19)17-2-1-9-21-14-17)24-18-7-12-25(13-8-18)15-20-22-10-11-23-20/h1-6,9-11,14,18,24H,7-8,12-13,15H2,(H,22,23). The van der Waals surface area contributed by atoms with Gasteiger partial charge in [0.1, 0.15) is 5.82 Å². The van der Waals surface area contributed by atoms with Gasteiger partial charge >= 0.3 is 0 Å². The van der Waals surface area contributed by atoms with Gasteiger partial charge in [-0.05, 0) is 42.2 Å². The molecule has 0 saturated carbocycles. The molecule has 1 aliphatic rings. The van der Waals surface area contributed by atoms with Crippen LogP contribution in [0.1, 0.15) is 18.7 Å². The summed E-state index contributed by atoms with van der Waals surface area (Å²) >= 11 is 0. The van der Waals surface area contributed by atoms with Crippen LogP contribution in [0, 0.1) is 0 Å². The molecular weight excluding hydrogens is 374 g/mol. The highest BCUT2D eigenvalue weighted by Gasteiger charge is 2.25. The first-order valence-corrected chi connectivity index (χ1v) is 10.8. The van der Waals surface area contributed by atoms with Crippen molar-refractivity contribution in [2.24, 2.45) is 0 Å². The molecule has 1 aliphatic heterocycles. The third-order valence-corrected chi connectivity index (χ3v) is 6.53. The Morgan fingerprint density at radius 1 is 1.07 bits per heavy atom. The van der Waals surface area contributed by atoms with E-state index in [4.69, 9.17) is 0 Å². The quantitative estimate of drug-likeness (QED) is 0.667. The van der Waals surface area contributed by atoms with Crippen LogP contribution < -0.4 is 4.72 Å². The van der Waals surface area contributed by atoms with E-state index in [1.54, 1.807) is 30.7 Å². The molecule has 1 saturated heterocycles. The van der Waals surface area contributed by atoms with Crippen LogP contribution in [-0.2, 0) is 16.6 Å². The highest BCUT2D eigenvalue weighted by atomic mass is 32.2. The molecule has 0 amide bonds. The summed E-state index contributed by atoms with van der Waals surface area (Å²) in [6.07, 6.45) is 8.61. The summed E-state index contributed by atoms with van der Waals surface area (Å²) in [4.78, 5) is 14.0. The first-order chi connectivity index (χ1) is 13.6. The zero-order chi connectivity index (χ0) is 19.4. The van der Waals surface area contributed by atoms with Gasteiger partial charge in [0, 0.05) is 43.9 Å². The fourth-order valence-electron chi connectivity index (χ4n) is 3.45. The van der Waals surface area contributed by atoms with Crippen LogP contribution in [0.3, 0.4) is 0 Å². The van der Waals surface area contributed by atoms with E-state index in [1.807, 2.05) is 30.5 Å². The number of aromatic amines is 1. The average Bonchev–Trinajstić information content (AvgIpc) is 3.23. The number of rotatable bonds is 6. The van der Waals surface area contributed by atoms with E-state index < -0.39 is 10.0 Å². The predicted molar refractivity (Wildman–Crippen MR) is 107 cm³/mol. The van der Waals surface area contributed by atoms with Crippen LogP contribution in [-0.4, -0.2) is 47.4 Å². The molecule has 0 aliphatic carbocycles. The Morgan fingerprint density at radius 3 is 2.50 bits per heavy atom. The van der Waals surface area contributed by atoms with Crippen molar-refractivity contribution in [3.8, 4) is 11.1 Å². The van der Waals surface area contributed by atoms with Crippen molar-refractivity contribution in [2.75, 3.05) is 13.1 Å². The van der Waals surface area contributed by atoms with Crippen LogP contribution in [0.4, 0.5) is 0 Å². The number of aromatic nitrogens is 3. The van der Waals surface area contributed by atoms with Gasteiger partial charge in [-0.1, -0.05) is 18.2 Å². The zero-order valence-electron chi connectivity index (χ0n) is 15.5. The molecule has 0 unspecified atom stereocenters. The molecule has 1 fully saturated rings. The second-order valence-corrected chi connectivity index (χ2v) is 8.69. The minimum Gasteiger partial charge on any atom is -0.348 e. The number of nitrogens with one attached hydrogen (secondary N) is 2. The van der Waals surface area contributed by atoms with Crippen molar-refractivity contribution in [1.82, 2.24) is 24.6 Å². The van der Waals surface area contributed by atoms with Crippen molar-refractivity contribution in [1.29, 1.82) is 0 Å². The predicted octanol–water partition coefficient (Wildman–Crippen LogP) is 2.41. The van der Waals surface area contributed by atoms with Gasteiger partial charge < -0.3 is 4.98 Å². The van der Waals surface area contributed by atoms with E-state index in [-0.39, 0.29) is 10.9 Å². The third kappa shape index (κ3) is 4.46. The minimum atomic E-state index is -3.53. The largest absolute Gasteiger partial charge is 0.348 e. The lowest BCUT2D eigenvalue weighted by Crippen LogP contribution is -2.44. The smallest absolute Gasteiger partial charge is 0.240 e. The Hall–Kier alpha value is -2.55. The van der Waals surface area contributed by atoms with Gasteiger partial charge in [-0.2, -0.15) is 0 Å². The number of piperidine rings is 1. The van der Waals surface area contributed by atoms with Crippen LogP contribution in [0.25, 0.3) is 11.1 Å². The summed E-state index contributed by atoms with van der Waals surface area (Å²) in [6.45, 7) is 2.45. The highest BCUT2D eigenvalue weighted by molar-refractivity contribution is 7.89. The summed E-state index contributed by atoms with van der Waals surface area (Å²) in [7, 11) is -3.53.